The molecule has 2 atom stereocenters. The summed E-state index contributed by atoms with van der Waals surface area (Å²) >= 11 is 0. The third-order valence-electron chi connectivity index (χ3n) is 2.48. The first kappa shape index (κ1) is 9.41. The summed E-state index contributed by atoms with van der Waals surface area (Å²) in [4.78, 5) is 0. The second kappa shape index (κ2) is 3.93. The van der Waals surface area contributed by atoms with Crippen molar-refractivity contribution in [3.63, 3.8) is 0 Å². The molecule has 14 heavy (non-hydrogen) atoms. The number of ether oxygens (including phenoxy) is 1. The summed E-state index contributed by atoms with van der Waals surface area (Å²) in [5.74, 6) is -0.0567. The lowest BCUT2D eigenvalue weighted by molar-refractivity contribution is 0.107. The zero-order chi connectivity index (χ0) is 9.97. The molecule has 0 saturated heterocycles. The maximum Gasteiger partial charge on any atom is 0.130 e. The highest BCUT2D eigenvalue weighted by atomic mass is 19.1. The van der Waals surface area contributed by atoms with Gasteiger partial charge >= 0.3 is 0 Å². The highest BCUT2D eigenvalue weighted by Gasteiger charge is 2.42. The van der Waals surface area contributed by atoms with Crippen molar-refractivity contribution in [2.45, 2.75) is 12.8 Å². The standard InChI is InChI=1S/C12H13FO/c1-9-11(12(9)13)8-14-7-10-5-3-2-4-6-10/h2-6,11-12H,1,7-8H2/t11-,12+/m0/s1. The van der Waals surface area contributed by atoms with Crippen LogP contribution in [0.1, 0.15) is 5.56 Å². The van der Waals surface area contributed by atoms with E-state index in [0.717, 1.165) is 5.56 Å². The van der Waals surface area contributed by atoms with Crippen LogP contribution in [0, 0.1) is 5.92 Å². The molecule has 0 N–H and O–H groups in total. The molecular formula is C12H13FO. The number of hydrogen-bond donors (Lipinski definition) is 0. The number of alkyl halides is 1. The molecule has 1 aliphatic rings. The van der Waals surface area contributed by atoms with Crippen LogP contribution in [0.4, 0.5) is 4.39 Å². The average molecular weight is 192 g/mol. The summed E-state index contributed by atoms with van der Waals surface area (Å²) in [6.45, 7) is 4.61. The predicted octanol–water partition coefficient (Wildman–Crippen LogP) is 2.73. The van der Waals surface area contributed by atoms with E-state index in [9.17, 15) is 4.39 Å². The monoisotopic (exact) mass is 192 g/mol. The van der Waals surface area contributed by atoms with Crippen LogP contribution in [0.2, 0.25) is 0 Å². The van der Waals surface area contributed by atoms with Crippen LogP contribution in [-0.2, 0) is 11.3 Å². The molecule has 0 aliphatic heterocycles. The Kier molecular flexibility index (Phi) is 2.64. The Labute approximate surface area is 83.2 Å². The van der Waals surface area contributed by atoms with Gasteiger partial charge in [0.05, 0.1) is 13.2 Å². The molecule has 1 nitrogen and oxygen atoms in total. The van der Waals surface area contributed by atoms with Crippen molar-refractivity contribution >= 4 is 0 Å². The molecule has 0 radical (unpaired) electrons. The van der Waals surface area contributed by atoms with E-state index in [0.29, 0.717) is 18.8 Å². The largest absolute Gasteiger partial charge is 0.376 e. The third-order valence-corrected chi connectivity index (χ3v) is 2.48. The molecule has 1 aromatic carbocycles. The van der Waals surface area contributed by atoms with Gasteiger partial charge in [0.1, 0.15) is 6.17 Å². The van der Waals surface area contributed by atoms with Gasteiger partial charge in [-0.15, -0.1) is 0 Å². The molecule has 1 fully saturated rings. The molecule has 1 aromatic rings. The zero-order valence-electron chi connectivity index (χ0n) is 7.95. The minimum Gasteiger partial charge on any atom is -0.376 e. The van der Waals surface area contributed by atoms with Crippen LogP contribution >= 0.6 is 0 Å². The van der Waals surface area contributed by atoms with Crippen molar-refractivity contribution in [2.24, 2.45) is 5.92 Å². The highest BCUT2D eigenvalue weighted by Crippen LogP contribution is 2.39. The first-order valence-corrected chi connectivity index (χ1v) is 4.73. The van der Waals surface area contributed by atoms with Crippen molar-refractivity contribution in [1.29, 1.82) is 0 Å². The van der Waals surface area contributed by atoms with Gasteiger partial charge in [0.15, 0.2) is 0 Å². The average Bonchev–Trinajstić information content (AvgIpc) is 2.78. The van der Waals surface area contributed by atoms with Gasteiger partial charge in [-0.3, -0.25) is 0 Å². The molecule has 2 heteroatoms. The van der Waals surface area contributed by atoms with E-state index in [2.05, 4.69) is 6.58 Å². The van der Waals surface area contributed by atoms with Crippen LogP contribution in [0.3, 0.4) is 0 Å². The van der Waals surface area contributed by atoms with Gasteiger partial charge in [0.2, 0.25) is 0 Å². The molecule has 0 unspecified atom stereocenters. The van der Waals surface area contributed by atoms with Gasteiger partial charge in [-0.1, -0.05) is 36.9 Å². The number of hydrogen-bond acceptors (Lipinski definition) is 1. The summed E-state index contributed by atoms with van der Waals surface area (Å²) in [6.07, 6.45) is -0.828. The molecule has 1 aliphatic carbocycles. The molecule has 0 bridgehead atoms. The fourth-order valence-electron chi connectivity index (χ4n) is 1.41. The summed E-state index contributed by atoms with van der Waals surface area (Å²) in [7, 11) is 0. The molecule has 74 valence electrons. The SMILES string of the molecule is C=C1[C@@H](F)[C@H]1COCc1ccccc1. The van der Waals surface area contributed by atoms with Crippen LogP contribution in [0.15, 0.2) is 42.5 Å². The topological polar surface area (TPSA) is 9.23 Å². The summed E-state index contributed by atoms with van der Waals surface area (Å²) in [5, 5.41) is 0. The van der Waals surface area contributed by atoms with E-state index < -0.39 is 6.17 Å². The molecule has 2 rings (SSSR count). The van der Waals surface area contributed by atoms with E-state index in [1.165, 1.54) is 0 Å². The summed E-state index contributed by atoms with van der Waals surface area (Å²) in [5.41, 5.74) is 1.80. The van der Waals surface area contributed by atoms with Crippen LogP contribution in [0.25, 0.3) is 0 Å². The quantitative estimate of drug-likeness (QED) is 0.666. The number of rotatable bonds is 4. The Bertz CT molecular complexity index is 320. The Hall–Kier alpha value is -1.15. The third kappa shape index (κ3) is 2.02. The lowest BCUT2D eigenvalue weighted by Gasteiger charge is -2.01. The lowest BCUT2D eigenvalue weighted by atomic mass is 10.2. The van der Waals surface area contributed by atoms with Gasteiger partial charge in [0, 0.05) is 5.92 Å². The van der Waals surface area contributed by atoms with Crippen molar-refractivity contribution in [3.05, 3.63) is 48.0 Å². The second-order valence-electron chi connectivity index (χ2n) is 3.58. The lowest BCUT2D eigenvalue weighted by Crippen LogP contribution is -1.98. The van der Waals surface area contributed by atoms with Crippen molar-refractivity contribution < 1.29 is 9.13 Å². The van der Waals surface area contributed by atoms with E-state index in [-0.39, 0.29) is 5.92 Å². The molecule has 0 spiro atoms. The Morgan fingerprint density at radius 2 is 1.93 bits per heavy atom. The van der Waals surface area contributed by atoms with Gasteiger partial charge in [-0.05, 0) is 11.1 Å². The summed E-state index contributed by atoms with van der Waals surface area (Å²) < 4.78 is 18.1. The maximum atomic E-state index is 12.7. The zero-order valence-corrected chi connectivity index (χ0v) is 7.95. The molecule has 0 amide bonds. The van der Waals surface area contributed by atoms with Crippen LogP contribution in [-0.4, -0.2) is 12.8 Å². The first-order valence-electron chi connectivity index (χ1n) is 4.73. The molecule has 0 aromatic heterocycles. The van der Waals surface area contributed by atoms with Crippen molar-refractivity contribution in [1.82, 2.24) is 0 Å². The van der Waals surface area contributed by atoms with Gasteiger partial charge in [-0.2, -0.15) is 0 Å². The predicted molar refractivity (Wildman–Crippen MR) is 53.6 cm³/mol. The fourth-order valence-corrected chi connectivity index (χ4v) is 1.41. The van der Waals surface area contributed by atoms with Crippen LogP contribution in [0.5, 0.6) is 0 Å². The molecule has 0 heterocycles. The number of benzene rings is 1. The first-order chi connectivity index (χ1) is 6.79. The number of halogens is 1. The van der Waals surface area contributed by atoms with Gasteiger partial charge < -0.3 is 4.74 Å². The Balaban J connectivity index is 1.72. The second-order valence-corrected chi connectivity index (χ2v) is 3.58. The smallest absolute Gasteiger partial charge is 0.130 e. The minimum absolute atomic E-state index is 0.0567. The molecular weight excluding hydrogens is 179 g/mol. The molecule has 1 saturated carbocycles. The highest BCUT2D eigenvalue weighted by molar-refractivity contribution is 5.28. The van der Waals surface area contributed by atoms with Crippen LogP contribution < -0.4 is 0 Å². The van der Waals surface area contributed by atoms with Gasteiger partial charge in [0.25, 0.3) is 0 Å². The van der Waals surface area contributed by atoms with E-state index >= 15 is 0 Å². The van der Waals surface area contributed by atoms with Crippen molar-refractivity contribution in [3.8, 4) is 0 Å². The van der Waals surface area contributed by atoms with E-state index in [1.54, 1.807) is 0 Å². The maximum absolute atomic E-state index is 12.7. The van der Waals surface area contributed by atoms with Gasteiger partial charge in [-0.25, -0.2) is 4.39 Å². The van der Waals surface area contributed by atoms with E-state index in [1.807, 2.05) is 30.3 Å². The fraction of sp³-hybridized carbons (Fsp3) is 0.333. The Morgan fingerprint density at radius 3 is 2.50 bits per heavy atom. The van der Waals surface area contributed by atoms with Crippen molar-refractivity contribution in [2.75, 3.05) is 6.61 Å². The normalized spacial score (nSPS) is 25.1. The van der Waals surface area contributed by atoms with E-state index in [4.69, 9.17) is 4.74 Å². The minimum atomic E-state index is -0.828. The Morgan fingerprint density at radius 1 is 1.29 bits per heavy atom. The summed E-state index contributed by atoms with van der Waals surface area (Å²) in [6, 6.07) is 9.88.